The van der Waals surface area contributed by atoms with Crippen LogP contribution in [-0.4, -0.2) is 19.5 Å². The molecule has 0 spiro atoms. The molecular formula is C13H20N2O. The van der Waals surface area contributed by atoms with Crippen LogP contribution in [0.2, 0.25) is 0 Å². The fourth-order valence-electron chi connectivity index (χ4n) is 1.54. The second-order valence-electron chi connectivity index (χ2n) is 3.95. The van der Waals surface area contributed by atoms with Crippen LogP contribution in [0.25, 0.3) is 0 Å². The SMILES string of the molecule is CNC(=O)CCCNc1cccc(C)c1C. The molecule has 1 aromatic rings. The van der Waals surface area contributed by atoms with Gasteiger partial charge in [-0.2, -0.15) is 0 Å². The van der Waals surface area contributed by atoms with Gasteiger partial charge in [0.15, 0.2) is 0 Å². The van der Waals surface area contributed by atoms with Crippen LogP contribution in [0.1, 0.15) is 24.0 Å². The van der Waals surface area contributed by atoms with Crippen molar-refractivity contribution in [1.29, 1.82) is 0 Å². The molecule has 0 fully saturated rings. The summed E-state index contributed by atoms with van der Waals surface area (Å²) in [5.74, 6) is 0.0998. The van der Waals surface area contributed by atoms with Crippen LogP contribution in [0, 0.1) is 13.8 Å². The summed E-state index contributed by atoms with van der Waals surface area (Å²) in [5, 5.41) is 5.97. The summed E-state index contributed by atoms with van der Waals surface area (Å²) >= 11 is 0. The number of anilines is 1. The van der Waals surface area contributed by atoms with Crippen LogP contribution < -0.4 is 10.6 Å². The van der Waals surface area contributed by atoms with E-state index in [1.807, 2.05) is 6.07 Å². The lowest BCUT2D eigenvalue weighted by molar-refractivity contribution is -0.120. The molecule has 1 rings (SSSR count). The average Bonchev–Trinajstić information content (AvgIpc) is 2.29. The molecule has 0 aliphatic heterocycles. The highest BCUT2D eigenvalue weighted by Gasteiger charge is 2.00. The predicted molar refractivity (Wildman–Crippen MR) is 67.7 cm³/mol. The fourth-order valence-corrected chi connectivity index (χ4v) is 1.54. The zero-order valence-corrected chi connectivity index (χ0v) is 10.3. The first-order chi connectivity index (χ1) is 7.65. The van der Waals surface area contributed by atoms with Crippen LogP contribution in [0.15, 0.2) is 18.2 Å². The van der Waals surface area contributed by atoms with E-state index in [0.29, 0.717) is 6.42 Å². The molecule has 0 aliphatic carbocycles. The normalized spacial score (nSPS) is 9.94. The number of benzene rings is 1. The summed E-state index contributed by atoms with van der Waals surface area (Å²) in [6.07, 6.45) is 1.43. The molecule has 0 radical (unpaired) electrons. The second-order valence-corrected chi connectivity index (χ2v) is 3.95. The van der Waals surface area contributed by atoms with E-state index in [4.69, 9.17) is 0 Å². The van der Waals surface area contributed by atoms with Gasteiger partial charge < -0.3 is 10.6 Å². The minimum absolute atomic E-state index is 0.0998. The Bertz CT molecular complexity index is 361. The number of hydrogen-bond acceptors (Lipinski definition) is 2. The van der Waals surface area contributed by atoms with E-state index >= 15 is 0 Å². The summed E-state index contributed by atoms with van der Waals surface area (Å²) in [6, 6.07) is 6.22. The lowest BCUT2D eigenvalue weighted by Gasteiger charge is -2.10. The fraction of sp³-hybridized carbons (Fsp3) is 0.462. The molecule has 0 saturated carbocycles. The topological polar surface area (TPSA) is 41.1 Å². The Labute approximate surface area is 97.2 Å². The minimum Gasteiger partial charge on any atom is -0.385 e. The van der Waals surface area contributed by atoms with Gasteiger partial charge in [0, 0.05) is 25.7 Å². The van der Waals surface area contributed by atoms with Gasteiger partial charge in [0.2, 0.25) is 5.91 Å². The number of rotatable bonds is 5. The van der Waals surface area contributed by atoms with Crippen molar-refractivity contribution in [2.24, 2.45) is 0 Å². The number of carbonyl (C=O) groups is 1. The van der Waals surface area contributed by atoms with Crippen molar-refractivity contribution in [2.45, 2.75) is 26.7 Å². The van der Waals surface area contributed by atoms with Gasteiger partial charge >= 0.3 is 0 Å². The molecule has 0 aliphatic rings. The van der Waals surface area contributed by atoms with E-state index in [0.717, 1.165) is 18.7 Å². The highest BCUT2D eigenvalue weighted by atomic mass is 16.1. The van der Waals surface area contributed by atoms with E-state index in [2.05, 4.69) is 36.6 Å². The molecule has 1 amide bonds. The van der Waals surface area contributed by atoms with Crippen molar-refractivity contribution < 1.29 is 4.79 Å². The van der Waals surface area contributed by atoms with Gasteiger partial charge in [-0.25, -0.2) is 0 Å². The summed E-state index contributed by atoms with van der Waals surface area (Å²) in [4.78, 5) is 11.0. The third-order valence-electron chi connectivity index (χ3n) is 2.78. The summed E-state index contributed by atoms with van der Waals surface area (Å²) in [7, 11) is 1.67. The Morgan fingerprint density at radius 2 is 2.06 bits per heavy atom. The molecule has 0 saturated heterocycles. The van der Waals surface area contributed by atoms with Crippen LogP contribution >= 0.6 is 0 Å². The first-order valence-corrected chi connectivity index (χ1v) is 5.66. The second kappa shape index (κ2) is 6.16. The lowest BCUT2D eigenvalue weighted by Crippen LogP contribution is -2.18. The first-order valence-electron chi connectivity index (χ1n) is 5.66. The maximum atomic E-state index is 11.0. The quantitative estimate of drug-likeness (QED) is 0.747. The first kappa shape index (κ1) is 12.6. The largest absolute Gasteiger partial charge is 0.385 e. The van der Waals surface area contributed by atoms with Gasteiger partial charge in [-0.05, 0) is 37.5 Å². The number of aryl methyl sites for hydroxylation is 1. The Morgan fingerprint density at radius 3 is 2.75 bits per heavy atom. The number of nitrogens with one attached hydrogen (secondary N) is 2. The van der Waals surface area contributed by atoms with E-state index in [1.165, 1.54) is 11.1 Å². The molecule has 0 atom stereocenters. The Hall–Kier alpha value is -1.51. The van der Waals surface area contributed by atoms with E-state index in [9.17, 15) is 4.79 Å². The van der Waals surface area contributed by atoms with Gasteiger partial charge in [-0.15, -0.1) is 0 Å². The van der Waals surface area contributed by atoms with Crippen molar-refractivity contribution in [3.63, 3.8) is 0 Å². The Morgan fingerprint density at radius 1 is 1.31 bits per heavy atom. The molecule has 2 N–H and O–H groups in total. The molecule has 0 unspecified atom stereocenters. The van der Waals surface area contributed by atoms with Crippen LogP contribution in [0.3, 0.4) is 0 Å². The van der Waals surface area contributed by atoms with Crippen molar-refractivity contribution in [1.82, 2.24) is 5.32 Å². The smallest absolute Gasteiger partial charge is 0.219 e. The maximum absolute atomic E-state index is 11.0. The van der Waals surface area contributed by atoms with Crippen LogP contribution in [0.5, 0.6) is 0 Å². The molecular weight excluding hydrogens is 200 g/mol. The predicted octanol–water partition coefficient (Wildman–Crippen LogP) is 2.24. The van der Waals surface area contributed by atoms with Gasteiger partial charge in [-0.3, -0.25) is 4.79 Å². The molecule has 0 heterocycles. The van der Waals surface area contributed by atoms with E-state index in [-0.39, 0.29) is 5.91 Å². The van der Waals surface area contributed by atoms with Crippen LogP contribution in [-0.2, 0) is 4.79 Å². The van der Waals surface area contributed by atoms with E-state index < -0.39 is 0 Å². The Kier molecular flexibility index (Phi) is 4.83. The molecule has 0 aromatic heterocycles. The highest BCUT2D eigenvalue weighted by Crippen LogP contribution is 2.17. The molecule has 3 nitrogen and oxygen atoms in total. The lowest BCUT2D eigenvalue weighted by atomic mass is 10.1. The summed E-state index contributed by atoms with van der Waals surface area (Å²) in [5.41, 5.74) is 3.73. The zero-order valence-electron chi connectivity index (χ0n) is 10.3. The number of hydrogen-bond donors (Lipinski definition) is 2. The summed E-state index contributed by atoms with van der Waals surface area (Å²) in [6.45, 7) is 5.04. The van der Waals surface area contributed by atoms with Crippen molar-refractivity contribution in [3.8, 4) is 0 Å². The Balaban J connectivity index is 2.38. The van der Waals surface area contributed by atoms with Crippen LogP contribution in [0.4, 0.5) is 5.69 Å². The van der Waals surface area contributed by atoms with Crippen molar-refractivity contribution in [2.75, 3.05) is 18.9 Å². The third kappa shape index (κ3) is 3.57. The maximum Gasteiger partial charge on any atom is 0.219 e. The molecule has 3 heteroatoms. The number of carbonyl (C=O) groups excluding carboxylic acids is 1. The van der Waals surface area contributed by atoms with Gasteiger partial charge in [0.05, 0.1) is 0 Å². The molecule has 16 heavy (non-hydrogen) atoms. The van der Waals surface area contributed by atoms with Crippen molar-refractivity contribution in [3.05, 3.63) is 29.3 Å². The zero-order chi connectivity index (χ0) is 12.0. The van der Waals surface area contributed by atoms with Gasteiger partial charge in [0.25, 0.3) is 0 Å². The highest BCUT2D eigenvalue weighted by molar-refractivity contribution is 5.75. The van der Waals surface area contributed by atoms with Crippen molar-refractivity contribution >= 4 is 11.6 Å². The minimum atomic E-state index is 0.0998. The van der Waals surface area contributed by atoms with E-state index in [1.54, 1.807) is 7.05 Å². The van der Waals surface area contributed by atoms with Gasteiger partial charge in [0.1, 0.15) is 0 Å². The molecule has 88 valence electrons. The summed E-state index contributed by atoms with van der Waals surface area (Å²) < 4.78 is 0. The molecule has 0 bridgehead atoms. The number of amides is 1. The average molecular weight is 220 g/mol. The standard InChI is InChI=1S/C13H20N2O/c1-10-6-4-7-12(11(10)2)15-9-5-8-13(16)14-3/h4,6-7,15H,5,8-9H2,1-3H3,(H,14,16). The van der Waals surface area contributed by atoms with Gasteiger partial charge in [-0.1, -0.05) is 12.1 Å². The third-order valence-corrected chi connectivity index (χ3v) is 2.78. The molecule has 1 aromatic carbocycles. The monoisotopic (exact) mass is 220 g/mol.